The maximum atomic E-state index is 11.7. The van der Waals surface area contributed by atoms with Crippen molar-refractivity contribution in [3.8, 4) is 0 Å². The van der Waals surface area contributed by atoms with E-state index in [4.69, 9.17) is 9.72 Å². The minimum atomic E-state index is -0.832. The molecule has 7 heteroatoms. The molecule has 0 saturated heterocycles. The van der Waals surface area contributed by atoms with Gasteiger partial charge >= 0.3 is 5.97 Å². The van der Waals surface area contributed by atoms with Crippen LogP contribution in [-0.2, 0) is 28.9 Å². The van der Waals surface area contributed by atoms with E-state index in [1.165, 1.54) is 17.7 Å². The van der Waals surface area contributed by atoms with Gasteiger partial charge in [-0.25, -0.2) is 4.98 Å². The number of ether oxygens (including phenoxy) is 1. The first-order valence-electron chi connectivity index (χ1n) is 12.2. The van der Waals surface area contributed by atoms with E-state index in [-0.39, 0.29) is 6.10 Å². The molecule has 1 aliphatic heterocycles. The fraction of sp³-hybridized carbons (Fsp3) is 0.577. The number of nitrogens with zero attached hydrogens (tertiary/aromatic N) is 2. The summed E-state index contributed by atoms with van der Waals surface area (Å²) in [7, 11) is 0. The van der Waals surface area contributed by atoms with Gasteiger partial charge in [-0.1, -0.05) is 6.07 Å². The molecular formula is C26H36N4O3. The number of anilines is 1. The van der Waals surface area contributed by atoms with E-state index in [9.17, 15) is 9.90 Å². The van der Waals surface area contributed by atoms with Crippen molar-refractivity contribution in [2.45, 2.75) is 77.5 Å². The number of aromatic nitrogens is 2. The summed E-state index contributed by atoms with van der Waals surface area (Å²) in [5.74, 6) is 0.915. The average Bonchev–Trinajstić information content (AvgIpc) is 2.77. The average molecular weight is 453 g/mol. The van der Waals surface area contributed by atoms with Gasteiger partial charge in [0.25, 0.3) is 0 Å². The molecule has 0 aromatic carbocycles. The zero-order valence-electron chi connectivity index (χ0n) is 19.8. The van der Waals surface area contributed by atoms with Gasteiger partial charge in [-0.05, 0) is 93.0 Å². The van der Waals surface area contributed by atoms with E-state index in [0.29, 0.717) is 25.5 Å². The molecule has 0 bridgehead atoms. The van der Waals surface area contributed by atoms with Crippen molar-refractivity contribution in [3.63, 3.8) is 0 Å². The predicted octanol–water partition coefficient (Wildman–Crippen LogP) is 3.81. The van der Waals surface area contributed by atoms with E-state index >= 15 is 0 Å². The lowest BCUT2D eigenvalue weighted by Crippen LogP contribution is -2.39. The van der Waals surface area contributed by atoms with Gasteiger partial charge in [0.1, 0.15) is 11.9 Å². The van der Waals surface area contributed by atoms with Crippen LogP contribution in [0.4, 0.5) is 5.82 Å². The summed E-state index contributed by atoms with van der Waals surface area (Å²) in [5, 5.41) is 16.2. The highest BCUT2D eigenvalue weighted by atomic mass is 16.5. The Bertz CT molecular complexity index is 938. The van der Waals surface area contributed by atoms with Gasteiger partial charge in [0, 0.05) is 37.8 Å². The third kappa shape index (κ3) is 6.30. The molecule has 33 heavy (non-hydrogen) atoms. The molecular weight excluding hydrogens is 416 g/mol. The number of pyridine rings is 2. The second-order valence-corrected chi connectivity index (χ2v) is 9.52. The third-order valence-corrected chi connectivity index (χ3v) is 7.02. The van der Waals surface area contributed by atoms with Gasteiger partial charge in [-0.15, -0.1) is 0 Å². The van der Waals surface area contributed by atoms with Crippen LogP contribution in [0.2, 0.25) is 0 Å². The fourth-order valence-electron chi connectivity index (χ4n) is 4.80. The van der Waals surface area contributed by atoms with E-state index in [1.54, 1.807) is 0 Å². The molecule has 0 spiro atoms. The van der Waals surface area contributed by atoms with E-state index in [2.05, 4.69) is 27.8 Å². The van der Waals surface area contributed by atoms with Crippen LogP contribution in [0.25, 0.3) is 0 Å². The number of aryl methyl sites for hydroxylation is 4. The van der Waals surface area contributed by atoms with E-state index in [0.717, 1.165) is 61.2 Å². The summed E-state index contributed by atoms with van der Waals surface area (Å²) < 4.78 is 5.98. The molecule has 7 nitrogen and oxygen atoms in total. The Labute approximate surface area is 196 Å². The lowest BCUT2D eigenvalue weighted by atomic mass is 9.79. The zero-order valence-corrected chi connectivity index (χ0v) is 19.8. The Kier molecular flexibility index (Phi) is 7.93. The number of nitrogens with one attached hydrogen (secondary N) is 2. The van der Waals surface area contributed by atoms with Crippen molar-refractivity contribution in [2.75, 3.05) is 18.5 Å². The van der Waals surface area contributed by atoms with Gasteiger partial charge in [0.05, 0.1) is 6.10 Å². The van der Waals surface area contributed by atoms with Gasteiger partial charge in [-0.3, -0.25) is 9.78 Å². The number of carboxylic acids is 1. The molecule has 178 valence electrons. The van der Waals surface area contributed by atoms with Crippen LogP contribution in [0.3, 0.4) is 0 Å². The molecule has 3 heterocycles. The highest BCUT2D eigenvalue weighted by molar-refractivity contribution is 5.73. The van der Waals surface area contributed by atoms with Gasteiger partial charge in [0.15, 0.2) is 0 Å². The van der Waals surface area contributed by atoms with Crippen molar-refractivity contribution in [1.29, 1.82) is 0 Å². The molecule has 1 fully saturated rings. The Hall–Kier alpha value is -2.51. The second-order valence-electron chi connectivity index (χ2n) is 9.52. The van der Waals surface area contributed by atoms with Gasteiger partial charge < -0.3 is 20.5 Å². The SMILES string of the molecule is Cc1cncc(C)c1CN[C@H](CCO[C@H]1C[C@@H](CCc2ccc3c(n2)NCCC3)C1)C(=O)O. The summed E-state index contributed by atoms with van der Waals surface area (Å²) in [6.45, 7) is 6.01. The predicted molar refractivity (Wildman–Crippen MR) is 128 cm³/mol. The minimum absolute atomic E-state index is 0.257. The van der Waals surface area contributed by atoms with Gasteiger partial charge in [0.2, 0.25) is 0 Å². The first-order valence-corrected chi connectivity index (χ1v) is 12.2. The van der Waals surface area contributed by atoms with Crippen LogP contribution in [0.1, 0.15) is 60.1 Å². The summed E-state index contributed by atoms with van der Waals surface area (Å²) in [6.07, 6.45) is 10.9. The molecule has 1 saturated carbocycles. The summed E-state index contributed by atoms with van der Waals surface area (Å²) in [4.78, 5) is 20.6. The topological polar surface area (TPSA) is 96.4 Å². The Balaban J connectivity index is 1.14. The second kappa shape index (κ2) is 11.1. The summed E-state index contributed by atoms with van der Waals surface area (Å²) >= 11 is 0. The largest absolute Gasteiger partial charge is 0.480 e. The Morgan fingerprint density at radius 3 is 2.82 bits per heavy atom. The first-order chi connectivity index (χ1) is 16.0. The lowest BCUT2D eigenvalue weighted by Gasteiger charge is -2.35. The number of fused-ring (bicyclic) bond motifs is 1. The minimum Gasteiger partial charge on any atom is -0.480 e. The summed E-state index contributed by atoms with van der Waals surface area (Å²) in [5.41, 5.74) is 5.77. The van der Waals surface area contributed by atoms with Crippen LogP contribution in [0, 0.1) is 19.8 Å². The van der Waals surface area contributed by atoms with Crippen LogP contribution < -0.4 is 10.6 Å². The van der Waals surface area contributed by atoms with Crippen LogP contribution in [-0.4, -0.2) is 46.3 Å². The normalized spacial score (nSPS) is 20.4. The standard InChI is InChI=1S/C26H36N4O3/c1-17-14-27-15-18(2)23(17)16-29-24(26(31)32)9-11-33-22-12-19(13-22)5-7-21-8-6-20-4-3-10-28-25(20)30-21/h6,8,14-15,19,22,24,29H,3-5,7,9-13,16H2,1-2H3,(H,28,30)(H,31,32)/t19-,22+,24-/m1/s1. The molecule has 2 aromatic heterocycles. The highest BCUT2D eigenvalue weighted by Crippen LogP contribution is 2.34. The highest BCUT2D eigenvalue weighted by Gasteiger charge is 2.30. The molecule has 1 atom stereocenters. The Morgan fingerprint density at radius 1 is 1.27 bits per heavy atom. The van der Waals surface area contributed by atoms with Gasteiger partial charge in [-0.2, -0.15) is 0 Å². The zero-order chi connectivity index (χ0) is 23.2. The number of hydrogen-bond acceptors (Lipinski definition) is 6. The van der Waals surface area contributed by atoms with Crippen LogP contribution >= 0.6 is 0 Å². The molecule has 0 amide bonds. The molecule has 1 aliphatic carbocycles. The maximum Gasteiger partial charge on any atom is 0.320 e. The van der Waals surface area contributed by atoms with Crippen molar-refractivity contribution >= 4 is 11.8 Å². The number of carbonyl (C=O) groups is 1. The number of hydrogen-bond donors (Lipinski definition) is 3. The molecule has 2 aliphatic rings. The van der Waals surface area contributed by atoms with Crippen molar-refractivity contribution in [3.05, 3.63) is 52.5 Å². The number of carboxylic acid groups (broad SMARTS) is 1. The van der Waals surface area contributed by atoms with Crippen molar-refractivity contribution in [1.82, 2.24) is 15.3 Å². The smallest absolute Gasteiger partial charge is 0.320 e. The molecule has 0 radical (unpaired) electrons. The third-order valence-electron chi connectivity index (χ3n) is 7.02. The first kappa shape index (κ1) is 23.6. The van der Waals surface area contributed by atoms with Crippen LogP contribution in [0.5, 0.6) is 0 Å². The molecule has 0 unspecified atom stereocenters. The molecule has 4 rings (SSSR count). The Morgan fingerprint density at radius 2 is 2.06 bits per heavy atom. The molecule has 2 aromatic rings. The quantitative estimate of drug-likeness (QED) is 0.477. The molecule has 3 N–H and O–H groups in total. The number of rotatable bonds is 11. The van der Waals surface area contributed by atoms with E-state index in [1.807, 2.05) is 26.2 Å². The van der Waals surface area contributed by atoms with Crippen molar-refractivity contribution in [2.24, 2.45) is 5.92 Å². The lowest BCUT2D eigenvalue weighted by molar-refractivity contribution is -0.140. The fourth-order valence-corrected chi connectivity index (χ4v) is 4.80. The van der Waals surface area contributed by atoms with Crippen LogP contribution in [0.15, 0.2) is 24.5 Å². The van der Waals surface area contributed by atoms with E-state index < -0.39 is 12.0 Å². The number of aliphatic carboxylic acids is 1. The monoisotopic (exact) mass is 452 g/mol. The maximum absolute atomic E-state index is 11.7. The summed E-state index contributed by atoms with van der Waals surface area (Å²) in [6, 6.07) is 3.78. The van der Waals surface area contributed by atoms with Crippen molar-refractivity contribution < 1.29 is 14.6 Å².